The molecular formula is C12H10F16O3. The maximum Gasteiger partial charge on any atom is 0.458 e. The van der Waals surface area contributed by atoms with Crippen molar-refractivity contribution in [3.63, 3.8) is 0 Å². The fraction of sp³-hybridized carbons (Fsp3) is 1.00. The largest absolute Gasteiger partial charge is 0.458 e. The van der Waals surface area contributed by atoms with Crippen LogP contribution in [0.4, 0.5) is 70.2 Å². The lowest BCUT2D eigenvalue weighted by atomic mass is 10.2. The molecule has 0 N–H and O–H groups in total. The van der Waals surface area contributed by atoms with Crippen LogP contribution in [-0.2, 0) is 14.2 Å². The van der Waals surface area contributed by atoms with Gasteiger partial charge in [-0.15, -0.1) is 0 Å². The van der Waals surface area contributed by atoms with Crippen LogP contribution in [0.1, 0.15) is 19.8 Å². The van der Waals surface area contributed by atoms with Gasteiger partial charge in [0.15, 0.2) is 0 Å². The Morgan fingerprint density at radius 1 is 0.645 bits per heavy atom. The molecule has 0 aliphatic heterocycles. The van der Waals surface area contributed by atoms with Crippen LogP contribution in [0.2, 0.25) is 0 Å². The second-order valence-electron chi connectivity index (χ2n) is 5.49. The predicted octanol–water partition coefficient (Wildman–Crippen LogP) is 6.34. The average molecular weight is 506 g/mol. The van der Waals surface area contributed by atoms with Crippen LogP contribution in [0.15, 0.2) is 0 Å². The Labute approximate surface area is 161 Å². The first kappa shape index (κ1) is 29.8. The van der Waals surface area contributed by atoms with E-state index < -0.39 is 68.3 Å². The molecule has 0 rings (SSSR count). The van der Waals surface area contributed by atoms with Crippen LogP contribution in [0.5, 0.6) is 0 Å². The van der Waals surface area contributed by atoms with Gasteiger partial charge in [0.05, 0.1) is 0 Å². The third-order valence-electron chi connectivity index (χ3n) is 2.97. The van der Waals surface area contributed by atoms with Gasteiger partial charge >= 0.3 is 42.4 Å². The molecule has 0 saturated carbocycles. The first-order chi connectivity index (χ1) is 13.4. The number of hydrogen-bond acceptors (Lipinski definition) is 3. The number of rotatable bonds is 11. The van der Waals surface area contributed by atoms with Crippen molar-refractivity contribution < 1.29 is 84.5 Å². The number of ether oxygens (including phenoxy) is 3. The van der Waals surface area contributed by atoms with E-state index in [1.54, 1.807) is 4.74 Å². The molecule has 0 saturated heterocycles. The Hall–Kier alpha value is -1.24. The standard InChI is InChI=1S/C12H10F16O3/c1-2-3-6(15,16)30-8(18,10(22,23)24)12(27,28)31-7(17,9(19,20)21)11(25,26)29-5(14)4-13/h5H,2-4H2,1H3. The van der Waals surface area contributed by atoms with Crippen molar-refractivity contribution in [2.24, 2.45) is 0 Å². The van der Waals surface area contributed by atoms with Gasteiger partial charge in [0, 0.05) is 6.42 Å². The normalized spacial score (nSPS) is 19.6. The zero-order chi connectivity index (χ0) is 25.3. The maximum atomic E-state index is 13.9. The summed E-state index contributed by atoms with van der Waals surface area (Å²) in [7, 11) is 0. The van der Waals surface area contributed by atoms with Crippen molar-refractivity contribution in [2.75, 3.05) is 6.67 Å². The summed E-state index contributed by atoms with van der Waals surface area (Å²) in [5.74, 6) is -14.9. The highest BCUT2D eigenvalue weighted by atomic mass is 19.4. The van der Waals surface area contributed by atoms with E-state index in [-0.39, 0.29) is 0 Å². The lowest BCUT2D eigenvalue weighted by molar-refractivity contribution is -0.562. The van der Waals surface area contributed by atoms with Crippen molar-refractivity contribution in [2.45, 2.75) is 68.5 Å². The fourth-order valence-corrected chi connectivity index (χ4v) is 1.62. The molecule has 3 atom stereocenters. The molecule has 0 aliphatic rings. The smallest absolute Gasteiger partial charge is 0.278 e. The van der Waals surface area contributed by atoms with E-state index in [0.29, 0.717) is 0 Å². The van der Waals surface area contributed by atoms with E-state index in [0.717, 1.165) is 6.92 Å². The summed E-state index contributed by atoms with van der Waals surface area (Å²) in [6.07, 6.45) is -42.3. The number of hydrogen-bond donors (Lipinski definition) is 0. The minimum atomic E-state index is -7.64. The topological polar surface area (TPSA) is 27.7 Å². The Balaban J connectivity index is 6.54. The molecule has 3 nitrogen and oxygen atoms in total. The summed E-state index contributed by atoms with van der Waals surface area (Å²) in [6.45, 7) is -1.98. The van der Waals surface area contributed by atoms with Crippen molar-refractivity contribution in [1.82, 2.24) is 0 Å². The zero-order valence-electron chi connectivity index (χ0n) is 14.5. The SMILES string of the molecule is CCCC(F)(F)OC(F)(C(F)(F)F)C(F)(F)OC(F)(C(F)(F)F)C(F)(F)OC(F)CF. The molecule has 0 heterocycles. The summed E-state index contributed by atoms with van der Waals surface area (Å²) >= 11 is 0. The van der Waals surface area contributed by atoms with Gasteiger partial charge in [-0.05, 0) is 6.42 Å². The lowest BCUT2D eigenvalue weighted by Crippen LogP contribution is -2.68. The summed E-state index contributed by atoms with van der Waals surface area (Å²) in [4.78, 5) is 0. The van der Waals surface area contributed by atoms with Gasteiger partial charge in [-0.3, -0.25) is 14.2 Å². The molecule has 0 fully saturated rings. The quantitative estimate of drug-likeness (QED) is 0.307. The molecule has 0 bridgehead atoms. The number of alkyl halides is 16. The van der Waals surface area contributed by atoms with Crippen molar-refractivity contribution in [3.05, 3.63) is 0 Å². The van der Waals surface area contributed by atoms with Gasteiger partial charge in [-0.25, -0.2) is 8.78 Å². The van der Waals surface area contributed by atoms with Gasteiger partial charge in [-0.1, -0.05) is 6.92 Å². The van der Waals surface area contributed by atoms with E-state index in [1.165, 1.54) is 0 Å². The molecule has 0 aromatic carbocycles. The monoisotopic (exact) mass is 506 g/mol. The van der Waals surface area contributed by atoms with Gasteiger partial charge in [0.1, 0.15) is 6.67 Å². The van der Waals surface area contributed by atoms with Crippen molar-refractivity contribution in [3.8, 4) is 0 Å². The minimum absolute atomic E-state index is 0.770. The van der Waals surface area contributed by atoms with Crippen LogP contribution >= 0.6 is 0 Å². The van der Waals surface area contributed by atoms with E-state index in [1.807, 2.05) is 0 Å². The van der Waals surface area contributed by atoms with Gasteiger partial charge < -0.3 is 0 Å². The summed E-state index contributed by atoms with van der Waals surface area (Å²) in [6, 6.07) is 0. The summed E-state index contributed by atoms with van der Waals surface area (Å²) in [5, 5.41) is 0. The number of halogens is 16. The molecule has 19 heteroatoms. The molecule has 0 aromatic heterocycles. The minimum Gasteiger partial charge on any atom is -0.278 e. The molecule has 0 aliphatic carbocycles. The van der Waals surface area contributed by atoms with Crippen LogP contribution < -0.4 is 0 Å². The third-order valence-corrected chi connectivity index (χ3v) is 2.97. The molecule has 0 radical (unpaired) electrons. The van der Waals surface area contributed by atoms with Crippen LogP contribution in [0, 0.1) is 0 Å². The summed E-state index contributed by atoms with van der Waals surface area (Å²) < 4.78 is 214. The Bertz CT molecular complexity index is 589. The highest BCUT2D eigenvalue weighted by Gasteiger charge is 2.84. The molecule has 188 valence electrons. The first-order valence-corrected chi connectivity index (χ1v) is 7.36. The van der Waals surface area contributed by atoms with Crippen molar-refractivity contribution >= 4 is 0 Å². The van der Waals surface area contributed by atoms with Gasteiger partial charge in [-0.2, -0.15) is 61.5 Å². The summed E-state index contributed by atoms with van der Waals surface area (Å²) in [5.41, 5.74) is 0. The lowest BCUT2D eigenvalue weighted by Gasteiger charge is -2.41. The average Bonchev–Trinajstić information content (AvgIpc) is 2.50. The molecular weight excluding hydrogens is 496 g/mol. The first-order valence-electron chi connectivity index (χ1n) is 7.36. The highest BCUT2D eigenvalue weighted by Crippen LogP contribution is 2.56. The van der Waals surface area contributed by atoms with E-state index in [4.69, 9.17) is 0 Å². The Morgan fingerprint density at radius 3 is 1.35 bits per heavy atom. The Kier molecular flexibility index (Phi) is 8.59. The predicted molar refractivity (Wildman–Crippen MR) is 63.7 cm³/mol. The second-order valence-corrected chi connectivity index (χ2v) is 5.49. The molecule has 31 heavy (non-hydrogen) atoms. The zero-order valence-corrected chi connectivity index (χ0v) is 14.5. The molecule has 0 amide bonds. The van der Waals surface area contributed by atoms with E-state index in [9.17, 15) is 70.2 Å². The van der Waals surface area contributed by atoms with Crippen LogP contribution in [0.25, 0.3) is 0 Å². The fourth-order valence-electron chi connectivity index (χ4n) is 1.62. The molecule has 0 aromatic rings. The van der Waals surface area contributed by atoms with E-state index in [2.05, 4.69) is 9.47 Å². The second kappa shape index (κ2) is 8.95. The maximum absolute atomic E-state index is 13.9. The van der Waals surface area contributed by atoms with Crippen LogP contribution in [0.3, 0.4) is 0 Å². The molecule has 3 unspecified atom stereocenters. The van der Waals surface area contributed by atoms with Crippen molar-refractivity contribution in [1.29, 1.82) is 0 Å². The van der Waals surface area contributed by atoms with Gasteiger partial charge in [0.25, 0.3) is 0 Å². The Morgan fingerprint density at radius 2 is 1.03 bits per heavy atom. The van der Waals surface area contributed by atoms with Crippen LogP contribution in [-0.4, -0.2) is 55.4 Å². The highest BCUT2D eigenvalue weighted by molar-refractivity contribution is 4.94. The van der Waals surface area contributed by atoms with E-state index >= 15 is 0 Å². The molecule has 0 spiro atoms. The third kappa shape index (κ3) is 6.17. The van der Waals surface area contributed by atoms with Gasteiger partial charge in [0.2, 0.25) is 6.36 Å².